The van der Waals surface area contributed by atoms with Gasteiger partial charge in [0.2, 0.25) is 0 Å². The Labute approximate surface area is 206 Å². The van der Waals surface area contributed by atoms with Crippen LogP contribution in [0, 0.1) is 5.41 Å². The normalized spacial score (nSPS) is 11.0. The topological polar surface area (TPSA) is 128 Å². The fourth-order valence-corrected chi connectivity index (χ4v) is 4.50. The van der Waals surface area contributed by atoms with Gasteiger partial charge in [-0.3, -0.25) is 10.8 Å². The second kappa shape index (κ2) is 11.5. The van der Waals surface area contributed by atoms with E-state index in [-0.39, 0.29) is 16.8 Å². The second-order valence-corrected chi connectivity index (χ2v) is 10.2. The average molecular weight is 494 g/mol. The Hall–Kier alpha value is -3.85. The number of carbonyl (C=O) groups is 1. The predicted octanol–water partition coefficient (Wildman–Crippen LogP) is 5.09. The van der Waals surface area contributed by atoms with Crippen LogP contribution in [0.3, 0.4) is 0 Å². The van der Waals surface area contributed by atoms with Gasteiger partial charge in [-0.15, -0.1) is 0 Å². The third-order valence-corrected chi connectivity index (χ3v) is 6.56. The number of hydrogen-bond acceptors (Lipinski definition) is 5. The number of nitrogens with two attached hydrogens (primary N) is 1. The summed E-state index contributed by atoms with van der Waals surface area (Å²) in [6.07, 6.45) is 4.01. The molecule has 3 aromatic rings. The molecular weight excluding hydrogens is 462 g/mol. The SMILES string of the molecule is CCCCCN(Nc1cccc(C(=N)N)c1)C(=O)Nc1ccc(-c2ccccc2S(C)(=O)=O)cc1. The van der Waals surface area contributed by atoms with Gasteiger partial charge >= 0.3 is 6.03 Å². The second-order valence-electron chi connectivity index (χ2n) is 8.24. The van der Waals surface area contributed by atoms with Gasteiger partial charge < -0.3 is 11.1 Å². The largest absolute Gasteiger partial charge is 0.384 e. The van der Waals surface area contributed by atoms with E-state index in [9.17, 15) is 13.2 Å². The van der Waals surface area contributed by atoms with Gasteiger partial charge in [0.05, 0.1) is 10.6 Å². The number of rotatable bonds is 10. The number of carbonyl (C=O) groups excluding carboxylic acids is 1. The van der Waals surface area contributed by atoms with Crippen LogP contribution in [0.1, 0.15) is 31.7 Å². The zero-order valence-corrected chi connectivity index (χ0v) is 20.7. The van der Waals surface area contributed by atoms with Gasteiger partial charge in [-0.2, -0.15) is 0 Å². The lowest BCUT2D eigenvalue weighted by molar-refractivity contribution is 0.221. The maximum Gasteiger partial charge on any atom is 0.340 e. The molecule has 0 bridgehead atoms. The first kappa shape index (κ1) is 25.8. The third kappa shape index (κ3) is 7.07. The number of nitrogens with zero attached hydrogens (tertiary/aromatic N) is 1. The van der Waals surface area contributed by atoms with Crippen molar-refractivity contribution in [3.63, 3.8) is 0 Å². The number of amidine groups is 1. The Bertz CT molecular complexity index is 1290. The highest BCUT2D eigenvalue weighted by atomic mass is 32.2. The lowest BCUT2D eigenvalue weighted by Crippen LogP contribution is -2.40. The molecule has 184 valence electrons. The fraction of sp³-hybridized carbons (Fsp3) is 0.231. The average Bonchev–Trinajstić information content (AvgIpc) is 2.83. The first-order chi connectivity index (χ1) is 16.7. The summed E-state index contributed by atoms with van der Waals surface area (Å²) in [5.41, 5.74) is 11.9. The summed E-state index contributed by atoms with van der Waals surface area (Å²) < 4.78 is 24.3. The van der Waals surface area contributed by atoms with Crippen LogP contribution in [-0.2, 0) is 9.84 Å². The maximum atomic E-state index is 13.1. The lowest BCUT2D eigenvalue weighted by Gasteiger charge is -2.25. The Morgan fingerprint density at radius 2 is 1.69 bits per heavy atom. The molecule has 0 aromatic heterocycles. The van der Waals surface area contributed by atoms with Crippen LogP contribution < -0.4 is 16.5 Å². The van der Waals surface area contributed by atoms with Crippen molar-refractivity contribution in [3.8, 4) is 11.1 Å². The van der Waals surface area contributed by atoms with Crippen LogP contribution in [0.2, 0.25) is 0 Å². The lowest BCUT2D eigenvalue weighted by atomic mass is 10.1. The van der Waals surface area contributed by atoms with Crippen LogP contribution in [0.4, 0.5) is 16.2 Å². The number of nitrogens with one attached hydrogen (secondary N) is 3. The van der Waals surface area contributed by atoms with Crippen LogP contribution in [0.5, 0.6) is 0 Å². The molecule has 9 heteroatoms. The van der Waals surface area contributed by atoms with Crippen LogP contribution in [-0.4, -0.2) is 38.1 Å². The number of sulfone groups is 1. The number of nitrogen functional groups attached to an aromatic ring is 1. The highest BCUT2D eigenvalue weighted by Gasteiger charge is 2.16. The van der Waals surface area contributed by atoms with Crippen LogP contribution >= 0.6 is 0 Å². The molecule has 2 amide bonds. The molecule has 35 heavy (non-hydrogen) atoms. The minimum Gasteiger partial charge on any atom is -0.384 e. The van der Waals surface area contributed by atoms with E-state index in [0.29, 0.717) is 29.0 Å². The Kier molecular flexibility index (Phi) is 8.48. The van der Waals surface area contributed by atoms with Gasteiger partial charge in [-0.25, -0.2) is 18.2 Å². The van der Waals surface area contributed by atoms with Gasteiger partial charge in [-0.1, -0.05) is 62.2 Å². The summed E-state index contributed by atoms with van der Waals surface area (Å²) in [7, 11) is -3.38. The predicted molar refractivity (Wildman–Crippen MR) is 141 cm³/mol. The number of benzene rings is 3. The molecule has 0 fully saturated rings. The summed E-state index contributed by atoms with van der Waals surface area (Å²) in [4.78, 5) is 13.3. The van der Waals surface area contributed by atoms with E-state index in [0.717, 1.165) is 24.8 Å². The quantitative estimate of drug-likeness (QED) is 0.135. The standard InChI is InChI=1S/C26H31N5O3S/c1-3-4-7-17-31(30-22-10-8-9-20(18-22)25(27)28)26(32)29-21-15-13-19(14-16-21)23-11-5-6-12-24(23)35(2,33)34/h5-6,8-16,18,30H,3-4,7,17H2,1-2H3,(H3,27,28)(H,29,32). The number of hydrazine groups is 1. The molecule has 3 aromatic carbocycles. The summed E-state index contributed by atoms with van der Waals surface area (Å²) in [5, 5.41) is 12.0. The minimum atomic E-state index is -3.38. The molecule has 0 spiro atoms. The molecule has 0 unspecified atom stereocenters. The number of amides is 2. The van der Waals surface area contributed by atoms with Gasteiger partial charge in [0.1, 0.15) is 5.84 Å². The van der Waals surface area contributed by atoms with Gasteiger partial charge in [0, 0.05) is 29.6 Å². The van der Waals surface area contributed by atoms with E-state index in [4.69, 9.17) is 11.1 Å². The van der Waals surface area contributed by atoms with Crippen molar-refractivity contribution < 1.29 is 13.2 Å². The third-order valence-electron chi connectivity index (χ3n) is 5.40. The Morgan fingerprint density at radius 3 is 2.34 bits per heavy atom. The first-order valence-corrected chi connectivity index (χ1v) is 13.3. The van der Waals surface area contributed by atoms with Gasteiger partial charge in [-0.05, 0) is 42.3 Å². The monoisotopic (exact) mass is 493 g/mol. The number of anilines is 2. The fourth-order valence-electron chi connectivity index (χ4n) is 3.59. The van der Waals surface area contributed by atoms with E-state index in [1.54, 1.807) is 72.8 Å². The van der Waals surface area contributed by atoms with Gasteiger partial charge in [0.15, 0.2) is 9.84 Å². The molecule has 5 N–H and O–H groups in total. The van der Waals surface area contributed by atoms with Crippen molar-refractivity contribution in [1.82, 2.24) is 5.01 Å². The van der Waals surface area contributed by atoms with E-state index in [1.807, 2.05) is 0 Å². The van der Waals surface area contributed by atoms with Crippen molar-refractivity contribution in [3.05, 3.63) is 78.4 Å². The molecule has 0 aliphatic heterocycles. The smallest absolute Gasteiger partial charge is 0.340 e. The van der Waals surface area contributed by atoms with Crippen molar-refractivity contribution in [2.45, 2.75) is 31.1 Å². The van der Waals surface area contributed by atoms with Gasteiger partial charge in [0.25, 0.3) is 0 Å². The molecule has 0 heterocycles. The summed E-state index contributed by atoms with van der Waals surface area (Å²) in [6.45, 7) is 2.58. The van der Waals surface area contributed by atoms with E-state index < -0.39 is 9.84 Å². The van der Waals surface area contributed by atoms with Crippen molar-refractivity contribution in [1.29, 1.82) is 5.41 Å². The molecule has 8 nitrogen and oxygen atoms in total. The van der Waals surface area contributed by atoms with E-state index in [2.05, 4.69) is 17.7 Å². The minimum absolute atomic E-state index is 0.0480. The molecule has 0 saturated carbocycles. The zero-order chi connectivity index (χ0) is 25.4. The van der Waals surface area contributed by atoms with Crippen molar-refractivity contribution in [2.75, 3.05) is 23.5 Å². The summed E-state index contributed by atoms with van der Waals surface area (Å²) >= 11 is 0. The molecule has 0 atom stereocenters. The Morgan fingerprint density at radius 1 is 0.971 bits per heavy atom. The van der Waals surface area contributed by atoms with Crippen molar-refractivity contribution >= 4 is 33.1 Å². The van der Waals surface area contributed by atoms with E-state index >= 15 is 0 Å². The molecule has 0 aliphatic rings. The highest BCUT2D eigenvalue weighted by molar-refractivity contribution is 7.90. The van der Waals surface area contributed by atoms with Crippen LogP contribution in [0.15, 0.2) is 77.7 Å². The number of urea groups is 1. The molecule has 0 radical (unpaired) electrons. The molecule has 0 aliphatic carbocycles. The summed E-state index contributed by atoms with van der Waals surface area (Å²) in [6, 6.07) is 20.6. The van der Waals surface area contributed by atoms with E-state index in [1.165, 1.54) is 11.3 Å². The molecular formula is C26H31N5O3S. The first-order valence-electron chi connectivity index (χ1n) is 11.4. The zero-order valence-electron chi connectivity index (χ0n) is 19.9. The maximum absolute atomic E-state index is 13.1. The van der Waals surface area contributed by atoms with Crippen molar-refractivity contribution in [2.24, 2.45) is 5.73 Å². The molecule has 0 saturated heterocycles. The molecule has 3 rings (SSSR count). The Balaban J connectivity index is 1.77. The highest BCUT2D eigenvalue weighted by Crippen LogP contribution is 2.28. The number of hydrogen-bond donors (Lipinski definition) is 4. The van der Waals surface area contributed by atoms with Crippen LogP contribution in [0.25, 0.3) is 11.1 Å². The summed E-state index contributed by atoms with van der Waals surface area (Å²) in [5.74, 6) is -0.0480. The number of unbranched alkanes of at least 4 members (excludes halogenated alkanes) is 2.